The van der Waals surface area contributed by atoms with Gasteiger partial charge in [-0.25, -0.2) is 0 Å². The molecule has 1 N–H and O–H groups in total. The maximum absolute atomic E-state index is 10.7. The van der Waals surface area contributed by atoms with E-state index in [1.807, 2.05) is 18.2 Å². The van der Waals surface area contributed by atoms with Gasteiger partial charge in [0, 0.05) is 18.2 Å². The number of aromatic nitrogens is 1. The van der Waals surface area contributed by atoms with Gasteiger partial charge in [0.2, 0.25) is 0 Å². The quantitative estimate of drug-likeness (QED) is 0.893. The van der Waals surface area contributed by atoms with Gasteiger partial charge < -0.3 is 9.84 Å². The lowest BCUT2D eigenvalue weighted by Crippen LogP contribution is -2.46. The Hall–Kier alpha value is -0.930. The van der Waals surface area contributed by atoms with Crippen LogP contribution >= 0.6 is 0 Å². The van der Waals surface area contributed by atoms with Crippen molar-refractivity contribution in [2.24, 2.45) is 11.3 Å². The summed E-state index contributed by atoms with van der Waals surface area (Å²) in [6, 6.07) is 5.79. The molecular formula is C15H21NO2. The number of rotatable bonds is 3. The van der Waals surface area contributed by atoms with Gasteiger partial charge in [-0.1, -0.05) is 12.5 Å². The van der Waals surface area contributed by atoms with Gasteiger partial charge in [0.15, 0.2) is 0 Å². The fourth-order valence-electron chi connectivity index (χ4n) is 3.52. The van der Waals surface area contributed by atoms with Crippen molar-refractivity contribution in [3.63, 3.8) is 0 Å². The fraction of sp³-hybridized carbons (Fsp3) is 0.667. The number of pyridine rings is 1. The Labute approximate surface area is 108 Å². The van der Waals surface area contributed by atoms with Gasteiger partial charge in [0.1, 0.15) is 6.10 Å². The molecule has 2 aliphatic rings. The number of aliphatic hydroxyl groups excluding tert-OH is 1. The van der Waals surface area contributed by atoms with Gasteiger partial charge in [-0.2, -0.15) is 0 Å². The van der Waals surface area contributed by atoms with E-state index in [1.54, 1.807) is 6.20 Å². The van der Waals surface area contributed by atoms with Crippen molar-refractivity contribution in [2.75, 3.05) is 13.2 Å². The van der Waals surface area contributed by atoms with Crippen LogP contribution in [0.5, 0.6) is 0 Å². The molecule has 1 aliphatic heterocycles. The van der Waals surface area contributed by atoms with Gasteiger partial charge in [-0.15, -0.1) is 0 Å². The molecule has 2 heterocycles. The molecule has 3 rings (SSSR count). The highest BCUT2D eigenvalue weighted by Crippen LogP contribution is 2.56. The average Bonchev–Trinajstić information content (AvgIpc) is 2.40. The molecule has 0 amide bonds. The van der Waals surface area contributed by atoms with Crippen molar-refractivity contribution in [3.8, 4) is 0 Å². The van der Waals surface area contributed by atoms with Crippen LogP contribution in [-0.2, 0) is 4.74 Å². The maximum Gasteiger partial charge on any atom is 0.102 e. The maximum atomic E-state index is 10.7. The minimum Gasteiger partial charge on any atom is -0.386 e. The van der Waals surface area contributed by atoms with Gasteiger partial charge in [-0.3, -0.25) is 4.98 Å². The second kappa shape index (κ2) is 4.98. The van der Waals surface area contributed by atoms with Crippen molar-refractivity contribution >= 4 is 0 Å². The van der Waals surface area contributed by atoms with E-state index in [0.717, 1.165) is 38.2 Å². The van der Waals surface area contributed by atoms with E-state index in [1.165, 1.54) is 12.8 Å². The molecular weight excluding hydrogens is 226 g/mol. The SMILES string of the molecule is OC(c1ccccn1)C1(C2CCCOC2)CCC1. The Morgan fingerprint density at radius 1 is 1.33 bits per heavy atom. The lowest BCUT2D eigenvalue weighted by molar-refractivity contribution is -0.123. The molecule has 0 radical (unpaired) electrons. The molecule has 2 fully saturated rings. The largest absolute Gasteiger partial charge is 0.386 e. The summed E-state index contributed by atoms with van der Waals surface area (Å²) in [4.78, 5) is 4.33. The predicted octanol–water partition coefficient (Wildman–Crippen LogP) is 2.71. The predicted molar refractivity (Wildman–Crippen MR) is 69.0 cm³/mol. The lowest BCUT2D eigenvalue weighted by Gasteiger charge is -2.51. The van der Waals surface area contributed by atoms with E-state index in [4.69, 9.17) is 4.74 Å². The molecule has 0 spiro atoms. The van der Waals surface area contributed by atoms with Crippen LogP contribution in [0.2, 0.25) is 0 Å². The third kappa shape index (κ3) is 1.95. The number of hydrogen-bond acceptors (Lipinski definition) is 3. The van der Waals surface area contributed by atoms with Crippen LogP contribution in [0.15, 0.2) is 24.4 Å². The summed E-state index contributed by atoms with van der Waals surface area (Å²) in [6.45, 7) is 1.69. The molecule has 2 unspecified atom stereocenters. The number of nitrogens with zero attached hydrogens (tertiary/aromatic N) is 1. The molecule has 1 saturated carbocycles. The number of hydrogen-bond donors (Lipinski definition) is 1. The zero-order chi connectivity index (χ0) is 12.4. The van der Waals surface area contributed by atoms with Crippen molar-refractivity contribution in [2.45, 2.75) is 38.2 Å². The summed E-state index contributed by atoms with van der Waals surface area (Å²) in [5.41, 5.74) is 0.845. The fourth-order valence-corrected chi connectivity index (χ4v) is 3.52. The Morgan fingerprint density at radius 3 is 2.78 bits per heavy atom. The van der Waals surface area contributed by atoms with E-state index in [2.05, 4.69) is 4.98 Å². The molecule has 3 heteroatoms. The van der Waals surface area contributed by atoms with Gasteiger partial charge in [-0.05, 0) is 43.7 Å². The van der Waals surface area contributed by atoms with Crippen LogP contribution in [0.3, 0.4) is 0 Å². The standard InChI is InChI=1S/C15H21NO2/c17-14(13-6-1-2-9-16-13)15(7-4-8-15)12-5-3-10-18-11-12/h1-2,6,9,12,14,17H,3-5,7-8,10-11H2. The lowest BCUT2D eigenvalue weighted by atomic mass is 9.56. The van der Waals surface area contributed by atoms with Crippen LogP contribution in [-0.4, -0.2) is 23.3 Å². The molecule has 18 heavy (non-hydrogen) atoms. The van der Waals surface area contributed by atoms with Crippen LogP contribution in [0.25, 0.3) is 0 Å². The summed E-state index contributed by atoms with van der Waals surface area (Å²) in [7, 11) is 0. The van der Waals surface area contributed by atoms with Gasteiger partial charge in [0.25, 0.3) is 0 Å². The Morgan fingerprint density at radius 2 is 2.22 bits per heavy atom. The molecule has 1 saturated heterocycles. The molecule has 0 aromatic carbocycles. The average molecular weight is 247 g/mol. The summed E-state index contributed by atoms with van der Waals surface area (Å²) in [5, 5.41) is 10.7. The zero-order valence-electron chi connectivity index (χ0n) is 10.7. The Bertz CT molecular complexity index is 383. The normalized spacial score (nSPS) is 28.4. The highest BCUT2D eigenvalue weighted by Gasteiger charge is 2.50. The second-order valence-corrected chi connectivity index (χ2v) is 5.66. The van der Waals surface area contributed by atoms with Crippen LogP contribution in [0.4, 0.5) is 0 Å². The molecule has 0 bridgehead atoms. The topological polar surface area (TPSA) is 42.4 Å². The Kier molecular flexibility index (Phi) is 3.35. The third-order valence-electron chi connectivity index (χ3n) is 4.77. The smallest absolute Gasteiger partial charge is 0.102 e. The number of ether oxygens (including phenoxy) is 1. The first kappa shape index (κ1) is 12.1. The van der Waals surface area contributed by atoms with E-state index in [0.29, 0.717) is 5.92 Å². The van der Waals surface area contributed by atoms with Crippen molar-refractivity contribution < 1.29 is 9.84 Å². The summed E-state index contributed by atoms with van der Waals surface area (Å²) in [5.74, 6) is 0.497. The summed E-state index contributed by atoms with van der Waals surface area (Å²) in [6.07, 6.45) is 7.09. The summed E-state index contributed by atoms with van der Waals surface area (Å²) < 4.78 is 5.62. The molecule has 98 valence electrons. The van der Waals surface area contributed by atoms with E-state index in [9.17, 15) is 5.11 Å². The molecule has 1 aliphatic carbocycles. The molecule has 3 nitrogen and oxygen atoms in total. The van der Waals surface area contributed by atoms with Gasteiger partial charge >= 0.3 is 0 Å². The van der Waals surface area contributed by atoms with E-state index >= 15 is 0 Å². The van der Waals surface area contributed by atoms with Crippen LogP contribution in [0.1, 0.15) is 43.9 Å². The highest BCUT2D eigenvalue weighted by atomic mass is 16.5. The van der Waals surface area contributed by atoms with E-state index < -0.39 is 6.10 Å². The van der Waals surface area contributed by atoms with Crippen LogP contribution < -0.4 is 0 Å². The molecule has 1 aromatic heterocycles. The van der Waals surface area contributed by atoms with Crippen molar-refractivity contribution in [1.29, 1.82) is 0 Å². The monoisotopic (exact) mass is 247 g/mol. The second-order valence-electron chi connectivity index (χ2n) is 5.66. The first-order chi connectivity index (χ1) is 8.83. The van der Waals surface area contributed by atoms with Crippen LogP contribution in [0, 0.1) is 11.3 Å². The first-order valence-electron chi connectivity index (χ1n) is 7.00. The van der Waals surface area contributed by atoms with Crippen molar-refractivity contribution in [3.05, 3.63) is 30.1 Å². The molecule has 2 atom stereocenters. The Balaban J connectivity index is 1.82. The van der Waals surface area contributed by atoms with Crippen molar-refractivity contribution in [1.82, 2.24) is 4.98 Å². The minimum atomic E-state index is -0.431. The molecule has 1 aromatic rings. The zero-order valence-corrected chi connectivity index (χ0v) is 10.7. The summed E-state index contributed by atoms with van der Waals surface area (Å²) >= 11 is 0. The highest BCUT2D eigenvalue weighted by molar-refractivity contribution is 5.13. The first-order valence-corrected chi connectivity index (χ1v) is 7.00. The number of aliphatic hydroxyl groups is 1. The third-order valence-corrected chi connectivity index (χ3v) is 4.77. The minimum absolute atomic E-state index is 0.0226. The van der Waals surface area contributed by atoms with Gasteiger partial charge in [0.05, 0.1) is 12.3 Å². The van der Waals surface area contributed by atoms with E-state index in [-0.39, 0.29) is 5.41 Å².